The Kier molecular flexibility index (Phi) is 3.94. The molecule has 1 nitrogen and oxygen atoms in total. The number of anilines is 2. The highest BCUT2D eigenvalue weighted by molar-refractivity contribution is 5.60. The highest BCUT2D eigenvalue weighted by atomic mass is 14.9. The zero-order valence-corrected chi connectivity index (χ0v) is 12.3. The molecule has 0 saturated heterocycles. The monoisotopic (exact) mass is 253 g/mol. The van der Waals surface area contributed by atoms with Crippen LogP contribution in [0.15, 0.2) is 48.5 Å². The average Bonchev–Trinajstić information content (AvgIpc) is 2.42. The van der Waals surface area contributed by atoms with E-state index in [1.807, 2.05) is 0 Å². The summed E-state index contributed by atoms with van der Waals surface area (Å²) in [5.74, 6) is 0. The second-order valence-corrected chi connectivity index (χ2v) is 5.81. The quantitative estimate of drug-likeness (QED) is 0.766. The molecule has 0 aliphatic heterocycles. The molecule has 0 radical (unpaired) electrons. The van der Waals surface area contributed by atoms with Gasteiger partial charge >= 0.3 is 0 Å². The standard InChI is InChI=1S/C18H23N/c1-5-18(3,4)15-8-12-17(13-9-15)19-16-10-6-14(2)7-11-16/h6-13,19H,5H2,1-4H3. The molecule has 2 rings (SSSR count). The molecule has 0 aliphatic rings. The highest BCUT2D eigenvalue weighted by Crippen LogP contribution is 2.28. The third-order valence-electron chi connectivity index (χ3n) is 3.89. The van der Waals surface area contributed by atoms with Gasteiger partial charge in [0.2, 0.25) is 0 Å². The molecule has 1 heteroatoms. The molecule has 0 atom stereocenters. The van der Waals surface area contributed by atoms with Crippen LogP contribution in [0.2, 0.25) is 0 Å². The first kappa shape index (κ1) is 13.7. The zero-order valence-electron chi connectivity index (χ0n) is 12.3. The van der Waals surface area contributed by atoms with Gasteiger partial charge in [0.15, 0.2) is 0 Å². The van der Waals surface area contributed by atoms with Crippen molar-refractivity contribution in [1.82, 2.24) is 0 Å². The Hall–Kier alpha value is -1.76. The lowest BCUT2D eigenvalue weighted by Crippen LogP contribution is -2.15. The Bertz CT molecular complexity index is 521. The van der Waals surface area contributed by atoms with Crippen LogP contribution in [0.4, 0.5) is 11.4 Å². The van der Waals surface area contributed by atoms with Gasteiger partial charge in [0.25, 0.3) is 0 Å². The van der Waals surface area contributed by atoms with Gasteiger partial charge in [-0.2, -0.15) is 0 Å². The maximum atomic E-state index is 3.43. The minimum absolute atomic E-state index is 0.252. The lowest BCUT2D eigenvalue weighted by atomic mass is 9.82. The molecule has 2 aromatic rings. The first-order valence-corrected chi connectivity index (χ1v) is 6.95. The van der Waals surface area contributed by atoms with Crippen molar-refractivity contribution in [3.63, 3.8) is 0 Å². The van der Waals surface area contributed by atoms with Crippen LogP contribution in [0.3, 0.4) is 0 Å². The second-order valence-electron chi connectivity index (χ2n) is 5.81. The molecule has 0 saturated carbocycles. The van der Waals surface area contributed by atoms with Gasteiger partial charge in [0.05, 0.1) is 0 Å². The van der Waals surface area contributed by atoms with E-state index >= 15 is 0 Å². The van der Waals surface area contributed by atoms with Crippen molar-refractivity contribution in [2.75, 3.05) is 5.32 Å². The van der Waals surface area contributed by atoms with Crippen molar-refractivity contribution in [1.29, 1.82) is 0 Å². The van der Waals surface area contributed by atoms with E-state index in [1.165, 1.54) is 11.1 Å². The van der Waals surface area contributed by atoms with Gasteiger partial charge in [-0.05, 0) is 48.6 Å². The lowest BCUT2D eigenvalue weighted by molar-refractivity contribution is 0.506. The third kappa shape index (κ3) is 3.37. The zero-order chi connectivity index (χ0) is 13.9. The van der Waals surface area contributed by atoms with Gasteiger partial charge in [-0.3, -0.25) is 0 Å². The lowest BCUT2D eigenvalue weighted by Gasteiger charge is -2.23. The summed E-state index contributed by atoms with van der Waals surface area (Å²) in [7, 11) is 0. The largest absolute Gasteiger partial charge is 0.356 e. The van der Waals surface area contributed by atoms with E-state index in [2.05, 4.69) is 81.5 Å². The highest BCUT2D eigenvalue weighted by Gasteiger charge is 2.17. The van der Waals surface area contributed by atoms with Crippen LogP contribution in [0.25, 0.3) is 0 Å². The molecule has 2 aromatic carbocycles. The van der Waals surface area contributed by atoms with E-state index in [0.717, 1.165) is 17.8 Å². The molecule has 100 valence electrons. The Morgan fingerprint density at radius 3 is 1.79 bits per heavy atom. The van der Waals surface area contributed by atoms with Crippen molar-refractivity contribution >= 4 is 11.4 Å². The number of benzene rings is 2. The van der Waals surface area contributed by atoms with E-state index in [-0.39, 0.29) is 5.41 Å². The Labute approximate surface area is 116 Å². The fourth-order valence-corrected chi connectivity index (χ4v) is 2.01. The smallest absolute Gasteiger partial charge is 0.0384 e. The van der Waals surface area contributed by atoms with Crippen molar-refractivity contribution in [2.24, 2.45) is 0 Å². The molecule has 0 heterocycles. The van der Waals surface area contributed by atoms with E-state index in [0.29, 0.717) is 0 Å². The van der Waals surface area contributed by atoms with Crippen molar-refractivity contribution in [2.45, 2.75) is 39.5 Å². The predicted octanol–water partition coefficient (Wildman–Crippen LogP) is 5.43. The molecule has 0 aromatic heterocycles. The van der Waals surface area contributed by atoms with E-state index in [9.17, 15) is 0 Å². The minimum atomic E-state index is 0.252. The van der Waals surface area contributed by atoms with Gasteiger partial charge < -0.3 is 5.32 Å². The van der Waals surface area contributed by atoms with Crippen LogP contribution in [0.1, 0.15) is 38.3 Å². The summed E-state index contributed by atoms with van der Waals surface area (Å²) < 4.78 is 0. The number of rotatable bonds is 4. The number of hydrogen-bond donors (Lipinski definition) is 1. The average molecular weight is 253 g/mol. The topological polar surface area (TPSA) is 12.0 Å². The Morgan fingerprint density at radius 1 is 0.842 bits per heavy atom. The Morgan fingerprint density at radius 2 is 1.32 bits per heavy atom. The second kappa shape index (κ2) is 5.48. The molecule has 0 unspecified atom stereocenters. The summed E-state index contributed by atoms with van der Waals surface area (Å²) in [4.78, 5) is 0. The summed E-state index contributed by atoms with van der Waals surface area (Å²) in [6.45, 7) is 8.91. The summed E-state index contributed by atoms with van der Waals surface area (Å²) >= 11 is 0. The molecule has 0 spiro atoms. The van der Waals surface area contributed by atoms with Crippen LogP contribution in [-0.4, -0.2) is 0 Å². The van der Waals surface area contributed by atoms with Crippen LogP contribution in [0.5, 0.6) is 0 Å². The normalized spacial score (nSPS) is 11.4. The van der Waals surface area contributed by atoms with Gasteiger partial charge in [0.1, 0.15) is 0 Å². The van der Waals surface area contributed by atoms with E-state index in [4.69, 9.17) is 0 Å². The molecule has 1 N–H and O–H groups in total. The Balaban J connectivity index is 2.13. The fraction of sp³-hybridized carbons (Fsp3) is 0.333. The summed E-state index contributed by atoms with van der Waals surface area (Å²) in [6, 6.07) is 17.2. The van der Waals surface area contributed by atoms with E-state index in [1.54, 1.807) is 0 Å². The molecule has 0 fully saturated rings. The SMILES string of the molecule is CCC(C)(C)c1ccc(Nc2ccc(C)cc2)cc1. The summed E-state index contributed by atoms with van der Waals surface area (Å²) in [6.07, 6.45) is 1.15. The molecular weight excluding hydrogens is 230 g/mol. The molecule has 0 aliphatic carbocycles. The molecular formula is C18H23N. The first-order valence-electron chi connectivity index (χ1n) is 6.95. The fourth-order valence-electron chi connectivity index (χ4n) is 2.01. The van der Waals surface area contributed by atoms with Crippen molar-refractivity contribution in [3.05, 3.63) is 59.7 Å². The van der Waals surface area contributed by atoms with Gasteiger partial charge in [0, 0.05) is 11.4 Å². The predicted molar refractivity (Wildman–Crippen MR) is 84.2 cm³/mol. The van der Waals surface area contributed by atoms with Gasteiger partial charge in [-0.25, -0.2) is 0 Å². The van der Waals surface area contributed by atoms with E-state index < -0.39 is 0 Å². The van der Waals surface area contributed by atoms with Gasteiger partial charge in [-0.15, -0.1) is 0 Å². The number of hydrogen-bond acceptors (Lipinski definition) is 1. The van der Waals surface area contributed by atoms with Crippen molar-refractivity contribution < 1.29 is 0 Å². The van der Waals surface area contributed by atoms with Crippen LogP contribution < -0.4 is 5.32 Å². The van der Waals surface area contributed by atoms with Crippen LogP contribution in [0, 0.1) is 6.92 Å². The summed E-state index contributed by atoms with van der Waals surface area (Å²) in [5, 5.41) is 3.43. The number of nitrogens with one attached hydrogen (secondary N) is 1. The first-order chi connectivity index (χ1) is 9.01. The minimum Gasteiger partial charge on any atom is -0.356 e. The van der Waals surface area contributed by atoms with Crippen LogP contribution in [-0.2, 0) is 5.41 Å². The maximum absolute atomic E-state index is 3.43. The molecule has 0 bridgehead atoms. The van der Waals surface area contributed by atoms with Crippen LogP contribution >= 0.6 is 0 Å². The van der Waals surface area contributed by atoms with Crippen molar-refractivity contribution in [3.8, 4) is 0 Å². The maximum Gasteiger partial charge on any atom is 0.0384 e. The molecule has 19 heavy (non-hydrogen) atoms. The molecule has 0 amide bonds. The number of aryl methyl sites for hydroxylation is 1. The summed E-state index contributed by atoms with van der Waals surface area (Å²) in [5.41, 5.74) is 5.20. The third-order valence-corrected chi connectivity index (χ3v) is 3.89. The van der Waals surface area contributed by atoms with Gasteiger partial charge in [-0.1, -0.05) is 50.6 Å².